The fourth-order valence-corrected chi connectivity index (χ4v) is 2.46. The molecule has 1 saturated heterocycles. The van der Waals surface area contributed by atoms with Crippen molar-refractivity contribution < 1.29 is 18.7 Å². The molecule has 0 spiro atoms. The Hall–Kier alpha value is -3.15. The molecule has 1 N–H and O–H groups in total. The Morgan fingerprint density at radius 3 is 2.48 bits per heavy atom. The van der Waals surface area contributed by atoms with Gasteiger partial charge in [0.15, 0.2) is 0 Å². The van der Waals surface area contributed by atoms with Gasteiger partial charge in [-0.2, -0.15) is 0 Å². The molecule has 1 aliphatic rings. The number of benzene rings is 2. The highest BCUT2D eigenvalue weighted by atomic mass is 19.1. The van der Waals surface area contributed by atoms with Crippen molar-refractivity contribution in [3.63, 3.8) is 0 Å². The zero-order chi connectivity index (χ0) is 17.8. The SMILES string of the molecule is CCN1C(=O)N/C(=C/c2ccc(OCc3ccccc3F)cc2)C1=O. The van der Waals surface area contributed by atoms with Crippen molar-refractivity contribution in [1.82, 2.24) is 10.2 Å². The number of hydrogen-bond acceptors (Lipinski definition) is 3. The molecule has 2 aromatic carbocycles. The number of carbonyl (C=O) groups excluding carboxylic acids is 2. The van der Waals surface area contributed by atoms with Gasteiger partial charge < -0.3 is 10.1 Å². The normalized spacial score (nSPS) is 15.6. The summed E-state index contributed by atoms with van der Waals surface area (Å²) in [5.41, 5.74) is 1.47. The number of imide groups is 1. The van der Waals surface area contributed by atoms with Gasteiger partial charge in [-0.1, -0.05) is 30.3 Å². The second kappa shape index (κ2) is 7.17. The Kier molecular flexibility index (Phi) is 4.79. The van der Waals surface area contributed by atoms with E-state index in [4.69, 9.17) is 4.74 Å². The zero-order valence-electron chi connectivity index (χ0n) is 13.7. The van der Waals surface area contributed by atoms with Crippen molar-refractivity contribution in [1.29, 1.82) is 0 Å². The van der Waals surface area contributed by atoms with Crippen molar-refractivity contribution in [3.8, 4) is 5.75 Å². The van der Waals surface area contributed by atoms with E-state index in [0.29, 0.717) is 17.9 Å². The first-order valence-corrected chi connectivity index (χ1v) is 7.89. The first-order chi connectivity index (χ1) is 12.1. The number of ether oxygens (including phenoxy) is 1. The molecule has 0 atom stereocenters. The third-order valence-corrected chi connectivity index (χ3v) is 3.82. The van der Waals surface area contributed by atoms with Gasteiger partial charge in [0.2, 0.25) is 0 Å². The van der Waals surface area contributed by atoms with Crippen molar-refractivity contribution >= 4 is 18.0 Å². The molecule has 3 rings (SSSR count). The predicted octanol–water partition coefficient (Wildman–Crippen LogP) is 3.32. The smallest absolute Gasteiger partial charge is 0.328 e. The minimum absolute atomic E-state index is 0.132. The summed E-state index contributed by atoms with van der Waals surface area (Å²) in [7, 11) is 0. The Labute approximate surface area is 144 Å². The maximum atomic E-state index is 13.6. The summed E-state index contributed by atoms with van der Waals surface area (Å²) < 4.78 is 19.1. The van der Waals surface area contributed by atoms with Gasteiger partial charge in [0, 0.05) is 12.1 Å². The molecule has 0 radical (unpaired) electrons. The van der Waals surface area contributed by atoms with Gasteiger partial charge in [-0.15, -0.1) is 0 Å². The number of halogens is 1. The fraction of sp³-hybridized carbons (Fsp3) is 0.158. The summed E-state index contributed by atoms with van der Waals surface area (Å²) in [6.07, 6.45) is 1.61. The summed E-state index contributed by atoms with van der Waals surface area (Å²) in [4.78, 5) is 24.8. The lowest BCUT2D eigenvalue weighted by molar-refractivity contribution is -0.122. The van der Waals surface area contributed by atoms with Gasteiger partial charge in [-0.05, 0) is 36.8 Å². The molecule has 3 amide bonds. The van der Waals surface area contributed by atoms with Gasteiger partial charge in [0.1, 0.15) is 23.9 Å². The van der Waals surface area contributed by atoms with E-state index in [9.17, 15) is 14.0 Å². The molecule has 0 unspecified atom stereocenters. The third-order valence-electron chi connectivity index (χ3n) is 3.82. The van der Waals surface area contributed by atoms with Gasteiger partial charge >= 0.3 is 6.03 Å². The molecule has 0 saturated carbocycles. The largest absolute Gasteiger partial charge is 0.489 e. The maximum absolute atomic E-state index is 13.6. The maximum Gasteiger partial charge on any atom is 0.328 e. The van der Waals surface area contributed by atoms with Crippen molar-refractivity contribution in [2.45, 2.75) is 13.5 Å². The molecule has 1 heterocycles. The Morgan fingerprint density at radius 2 is 1.84 bits per heavy atom. The molecule has 128 valence electrons. The van der Waals surface area contributed by atoms with E-state index in [0.717, 1.165) is 10.5 Å². The third kappa shape index (κ3) is 3.68. The lowest BCUT2D eigenvalue weighted by Gasteiger charge is -2.07. The topological polar surface area (TPSA) is 58.6 Å². The standard InChI is InChI=1S/C19H17FN2O3/c1-2-22-18(23)17(21-19(22)24)11-13-7-9-15(10-8-13)25-12-14-5-3-4-6-16(14)20/h3-11H,2,12H2,1H3,(H,21,24)/b17-11+. The van der Waals surface area contributed by atoms with E-state index in [2.05, 4.69) is 5.32 Å². The summed E-state index contributed by atoms with van der Waals surface area (Å²) in [6, 6.07) is 13.0. The van der Waals surface area contributed by atoms with Gasteiger partial charge in [0.05, 0.1) is 0 Å². The number of hydrogen-bond donors (Lipinski definition) is 1. The minimum atomic E-state index is -0.413. The van der Waals surface area contributed by atoms with Crippen LogP contribution in [0.3, 0.4) is 0 Å². The van der Waals surface area contributed by atoms with Crippen LogP contribution in [0.15, 0.2) is 54.2 Å². The van der Waals surface area contributed by atoms with Crippen LogP contribution >= 0.6 is 0 Å². The Bertz CT molecular complexity index is 831. The van der Waals surface area contributed by atoms with E-state index in [1.165, 1.54) is 6.07 Å². The van der Waals surface area contributed by atoms with Crippen LogP contribution in [0.2, 0.25) is 0 Å². The lowest BCUT2D eigenvalue weighted by atomic mass is 10.2. The molecule has 0 bridgehead atoms. The van der Waals surface area contributed by atoms with Gasteiger partial charge in [0.25, 0.3) is 5.91 Å². The first-order valence-electron chi connectivity index (χ1n) is 7.89. The van der Waals surface area contributed by atoms with Crippen LogP contribution in [0.1, 0.15) is 18.1 Å². The quantitative estimate of drug-likeness (QED) is 0.671. The average Bonchev–Trinajstić information content (AvgIpc) is 2.88. The van der Waals surface area contributed by atoms with Gasteiger partial charge in [-0.3, -0.25) is 9.69 Å². The molecular formula is C19H17FN2O3. The predicted molar refractivity (Wildman–Crippen MR) is 91.1 cm³/mol. The van der Waals surface area contributed by atoms with Crippen LogP contribution in [0, 0.1) is 5.82 Å². The van der Waals surface area contributed by atoms with Crippen LogP contribution in [-0.2, 0) is 11.4 Å². The first kappa shape index (κ1) is 16.7. The number of rotatable bonds is 5. The molecule has 0 aliphatic carbocycles. The van der Waals surface area contributed by atoms with E-state index >= 15 is 0 Å². The second-order valence-corrected chi connectivity index (χ2v) is 5.49. The summed E-state index contributed by atoms with van der Waals surface area (Å²) >= 11 is 0. The van der Waals surface area contributed by atoms with Crippen LogP contribution in [0.4, 0.5) is 9.18 Å². The highest BCUT2D eigenvalue weighted by Crippen LogP contribution is 2.18. The molecule has 5 nitrogen and oxygen atoms in total. The average molecular weight is 340 g/mol. The van der Waals surface area contributed by atoms with E-state index in [-0.39, 0.29) is 24.0 Å². The summed E-state index contributed by atoms with van der Waals surface area (Å²) in [5, 5.41) is 2.55. The van der Waals surface area contributed by atoms with Crippen LogP contribution in [0.5, 0.6) is 5.75 Å². The molecule has 1 aliphatic heterocycles. The second-order valence-electron chi connectivity index (χ2n) is 5.49. The van der Waals surface area contributed by atoms with Crippen LogP contribution in [0.25, 0.3) is 6.08 Å². The van der Waals surface area contributed by atoms with Crippen LogP contribution < -0.4 is 10.1 Å². The number of amides is 3. The van der Waals surface area contributed by atoms with Gasteiger partial charge in [-0.25, -0.2) is 9.18 Å². The van der Waals surface area contributed by atoms with Crippen molar-refractivity contribution in [3.05, 3.63) is 71.2 Å². The molecular weight excluding hydrogens is 323 g/mol. The zero-order valence-corrected chi connectivity index (χ0v) is 13.7. The Morgan fingerprint density at radius 1 is 1.12 bits per heavy atom. The minimum Gasteiger partial charge on any atom is -0.489 e. The number of nitrogens with one attached hydrogen (secondary N) is 1. The molecule has 0 aromatic heterocycles. The number of likely N-dealkylation sites (N-methyl/N-ethyl adjacent to an activating group) is 1. The summed E-state index contributed by atoms with van der Waals surface area (Å²) in [6.45, 7) is 2.19. The fourth-order valence-electron chi connectivity index (χ4n) is 2.46. The molecule has 25 heavy (non-hydrogen) atoms. The Balaban J connectivity index is 1.67. The highest BCUT2D eigenvalue weighted by Gasteiger charge is 2.31. The molecule has 1 fully saturated rings. The number of nitrogens with zero attached hydrogens (tertiary/aromatic N) is 1. The number of carbonyl (C=O) groups is 2. The molecule has 2 aromatic rings. The molecule has 6 heteroatoms. The van der Waals surface area contributed by atoms with Crippen molar-refractivity contribution in [2.75, 3.05) is 6.54 Å². The number of urea groups is 1. The van der Waals surface area contributed by atoms with Crippen molar-refractivity contribution in [2.24, 2.45) is 0 Å². The van der Waals surface area contributed by atoms with E-state index in [1.807, 2.05) is 0 Å². The summed E-state index contributed by atoms with van der Waals surface area (Å²) in [5.74, 6) is -0.0606. The monoisotopic (exact) mass is 340 g/mol. The van der Waals surface area contributed by atoms with E-state index < -0.39 is 6.03 Å². The lowest BCUT2D eigenvalue weighted by Crippen LogP contribution is -2.30. The van der Waals surface area contributed by atoms with Crippen LogP contribution in [-0.4, -0.2) is 23.4 Å². The van der Waals surface area contributed by atoms with E-state index in [1.54, 1.807) is 55.5 Å². The highest BCUT2D eigenvalue weighted by molar-refractivity contribution is 6.13.